The molecule has 2 aliphatic heterocycles. The highest BCUT2D eigenvalue weighted by Gasteiger charge is 2.50. The monoisotopic (exact) mass is 499 g/mol. The molecule has 172 valence electrons. The van der Waals surface area contributed by atoms with Crippen LogP contribution in [0.1, 0.15) is 39.2 Å². The van der Waals surface area contributed by atoms with Crippen LogP contribution in [0.4, 0.5) is 10.5 Å². The molecule has 6 heteroatoms. The van der Waals surface area contributed by atoms with Crippen molar-refractivity contribution < 1.29 is 9.53 Å². The molecule has 0 aromatic heterocycles. The average Bonchev–Trinajstić information content (AvgIpc) is 3.03. The van der Waals surface area contributed by atoms with Crippen molar-refractivity contribution in [2.24, 2.45) is 5.92 Å². The normalized spacial score (nSPS) is 28.5. The van der Waals surface area contributed by atoms with Crippen LogP contribution in [0.25, 0.3) is 0 Å². The quantitative estimate of drug-likeness (QED) is 0.584. The summed E-state index contributed by atoms with van der Waals surface area (Å²) in [4.78, 5) is 17.9. The molecule has 0 saturated carbocycles. The molecule has 0 bridgehead atoms. The van der Waals surface area contributed by atoms with Crippen LogP contribution in [0, 0.1) is 5.92 Å². The minimum absolute atomic E-state index is 0.0193. The van der Waals surface area contributed by atoms with Crippen molar-refractivity contribution >= 4 is 27.6 Å². The van der Waals surface area contributed by atoms with Gasteiger partial charge in [-0.25, -0.2) is 4.79 Å². The Bertz CT molecular complexity index is 933. The molecule has 0 radical (unpaired) electrons. The van der Waals surface area contributed by atoms with Crippen LogP contribution in [0.2, 0.25) is 0 Å². The third-order valence-corrected chi connectivity index (χ3v) is 8.20. The van der Waals surface area contributed by atoms with E-state index in [0.29, 0.717) is 18.0 Å². The maximum atomic E-state index is 13.2. The van der Waals surface area contributed by atoms with Crippen molar-refractivity contribution in [3.05, 3.63) is 58.6 Å². The number of anilines is 1. The molecule has 1 N–H and O–H groups in total. The van der Waals surface area contributed by atoms with Gasteiger partial charge < -0.3 is 15.0 Å². The van der Waals surface area contributed by atoms with Gasteiger partial charge in [0.25, 0.3) is 0 Å². The summed E-state index contributed by atoms with van der Waals surface area (Å²) in [5.41, 5.74) is 2.23. The van der Waals surface area contributed by atoms with Crippen molar-refractivity contribution in [1.82, 2.24) is 9.80 Å². The van der Waals surface area contributed by atoms with Crippen molar-refractivity contribution in [2.75, 3.05) is 32.1 Å². The molecule has 2 saturated heterocycles. The van der Waals surface area contributed by atoms with Crippen LogP contribution in [0.3, 0.4) is 0 Å². The Labute approximate surface area is 200 Å². The Morgan fingerprint density at radius 1 is 1.12 bits per heavy atom. The number of urea groups is 1. The second-order valence-corrected chi connectivity index (χ2v) is 10.5. The molecule has 2 unspecified atom stereocenters. The van der Waals surface area contributed by atoms with E-state index in [1.807, 2.05) is 29.2 Å². The van der Waals surface area contributed by atoms with E-state index < -0.39 is 0 Å². The maximum absolute atomic E-state index is 13.2. The second-order valence-electron chi connectivity index (χ2n) is 9.55. The number of hydrogen-bond donors (Lipinski definition) is 1. The third kappa shape index (κ3) is 4.53. The van der Waals surface area contributed by atoms with Gasteiger partial charge in [0.2, 0.25) is 0 Å². The van der Waals surface area contributed by atoms with E-state index in [-0.39, 0.29) is 11.4 Å². The number of rotatable bonds is 3. The first kappa shape index (κ1) is 23.1. The van der Waals surface area contributed by atoms with Gasteiger partial charge in [-0.1, -0.05) is 41.9 Å². The van der Waals surface area contributed by atoms with E-state index in [4.69, 9.17) is 4.74 Å². The Kier molecular flexibility index (Phi) is 6.82. The predicted molar refractivity (Wildman–Crippen MR) is 133 cm³/mol. The largest absolute Gasteiger partial charge is 0.497 e. The molecule has 0 aliphatic carbocycles. The minimum Gasteiger partial charge on any atom is -0.497 e. The lowest BCUT2D eigenvalue weighted by molar-refractivity contribution is 0.108. The lowest BCUT2D eigenvalue weighted by atomic mass is 9.73. The zero-order valence-electron chi connectivity index (χ0n) is 19.5. The number of carbonyl (C=O) groups is 1. The summed E-state index contributed by atoms with van der Waals surface area (Å²) in [5.74, 6) is 1.21. The SMILES string of the molecule is COc1ccc(NC(=O)N2CCCC(C)N3C[C@](C)(c4ccc(Br)cc4)C(C)[C@@H]3C2)cc1. The van der Waals surface area contributed by atoms with E-state index in [9.17, 15) is 4.79 Å². The number of nitrogens with one attached hydrogen (secondary N) is 1. The van der Waals surface area contributed by atoms with Crippen molar-refractivity contribution in [3.8, 4) is 5.75 Å². The summed E-state index contributed by atoms with van der Waals surface area (Å²) in [6.07, 6.45) is 2.12. The second kappa shape index (κ2) is 9.44. The number of halogens is 1. The highest BCUT2D eigenvalue weighted by atomic mass is 79.9. The van der Waals surface area contributed by atoms with Crippen molar-refractivity contribution in [3.63, 3.8) is 0 Å². The van der Waals surface area contributed by atoms with Gasteiger partial charge in [0, 0.05) is 47.3 Å². The fourth-order valence-electron chi connectivity index (χ4n) is 5.40. The maximum Gasteiger partial charge on any atom is 0.321 e. The van der Waals surface area contributed by atoms with Crippen LogP contribution < -0.4 is 10.1 Å². The number of fused-ring (bicyclic) bond motifs is 1. The molecule has 2 aliphatic rings. The van der Waals surface area contributed by atoms with Crippen LogP contribution in [0.5, 0.6) is 5.75 Å². The topological polar surface area (TPSA) is 44.8 Å². The molecular formula is C26H34BrN3O2. The number of hydrogen-bond acceptors (Lipinski definition) is 3. The number of carbonyl (C=O) groups excluding carboxylic acids is 1. The van der Waals surface area contributed by atoms with Crippen LogP contribution in [-0.4, -0.2) is 54.7 Å². The number of benzene rings is 2. The van der Waals surface area contributed by atoms with Gasteiger partial charge in [-0.15, -0.1) is 0 Å². The van der Waals surface area contributed by atoms with Crippen molar-refractivity contribution in [2.45, 2.75) is 51.1 Å². The first-order chi connectivity index (χ1) is 15.3. The van der Waals surface area contributed by atoms with E-state index >= 15 is 0 Å². The highest BCUT2D eigenvalue weighted by molar-refractivity contribution is 9.10. The van der Waals surface area contributed by atoms with Crippen LogP contribution >= 0.6 is 15.9 Å². The molecular weight excluding hydrogens is 466 g/mol. The molecule has 2 fully saturated rings. The van der Waals surface area contributed by atoms with Crippen molar-refractivity contribution in [1.29, 1.82) is 0 Å². The van der Waals surface area contributed by atoms with E-state index in [0.717, 1.165) is 48.4 Å². The van der Waals surface area contributed by atoms with Gasteiger partial charge in [-0.2, -0.15) is 0 Å². The fraction of sp³-hybridized carbons (Fsp3) is 0.500. The lowest BCUT2D eigenvalue weighted by Gasteiger charge is -2.39. The van der Waals surface area contributed by atoms with E-state index in [1.54, 1.807) is 7.11 Å². The highest BCUT2D eigenvalue weighted by Crippen LogP contribution is 2.45. The van der Waals surface area contributed by atoms with Crippen LogP contribution in [0.15, 0.2) is 53.0 Å². The first-order valence-electron chi connectivity index (χ1n) is 11.5. The van der Waals surface area contributed by atoms with E-state index in [1.165, 1.54) is 5.56 Å². The zero-order valence-corrected chi connectivity index (χ0v) is 21.1. The molecule has 2 heterocycles. The number of nitrogens with zero attached hydrogens (tertiary/aromatic N) is 2. The Morgan fingerprint density at radius 3 is 2.47 bits per heavy atom. The molecule has 2 aromatic carbocycles. The minimum atomic E-state index is -0.0193. The number of ether oxygens (including phenoxy) is 1. The van der Waals surface area contributed by atoms with Gasteiger partial charge in [-0.05, 0) is 67.6 Å². The summed E-state index contributed by atoms with van der Waals surface area (Å²) < 4.78 is 6.33. The number of amides is 2. The Hall–Kier alpha value is -2.05. The summed E-state index contributed by atoms with van der Waals surface area (Å²) in [5, 5.41) is 3.08. The Morgan fingerprint density at radius 2 is 1.81 bits per heavy atom. The summed E-state index contributed by atoms with van der Waals surface area (Å²) in [6, 6.07) is 17.1. The first-order valence-corrected chi connectivity index (χ1v) is 12.3. The van der Waals surface area contributed by atoms with Crippen LogP contribution in [-0.2, 0) is 5.41 Å². The molecule has 2 amide bonds. The molecule has 0 spiro atoms. The van der Waals surface area contributed by atoms with Gasteiger partial charge in [0.15, 0.2) is 0 Å². The molecule has 32 heavy (non-hydrogen) atoms. The van der Waals surface area contributed by atoms with E-state index in [2.05, 4.69) is 71.2 Å². The van der Waals surface area contributed by atoms with Gasteiger partial charge in [0.05, 0.1) is 7.11 Å². The lowest BCUT2D eigenvalue weighted by Crippen LogP contribution is -2.51. The van der Waals surface area contributed by atoms with Gasteiger partial charge in [0.1, 0.15) is 5.75 Å². The Balaban J connectivity index is 1.54. The third-order valence-electron chi connectivity index (χ3n) is 7.67. The summed E-state index contributed by atoms with van der Waals surface area (Å²) >= 11 is 3.57. The fourth-order valence-corrected chi connectivity index (χ4v) is 5.67. The van der Waals surface area contributed by atoms with Gasteiger partial charge in [-0.3, -0.25) is 4.90 Å². The van der Waals surface area contributed by atoms with Gasteiger partial charge >= 0.3 is 6.03 Å². The molecule has 2 aromatic rings. The zero-order chi connectivity index (χ0) is 22.9. The molecule has 5 nitrogen and oxygen atoms in total. The number of methoxy groups -OCH3 is 1. The average molecular weight is 500 g/mol. The summed E-state index contributed by atoms with van der Waals surface area (Å²) in [6.45, 7) is 9.66. The molecule has 4 atom stereocenters. The predicted octanol–water partition coefficient (Wildman–Crippen LogP) is 5.75. The molecule has 4 rings (SSSR count). The standard InChI is InChI=1S/C26H34BrN3O2/c1-18-6-5-15-29(25(31)28-22-11-13-23(32-4)14-12-22)16-24-19(2)26(3,17-30(18)24)20-7-9-21(27)10-8-20/h7-14,18-19,24H,5-6,15-17H2,1-4H3,(H,28,31)/t18?,19?,24-,26-/m0/s1. The summed E-state index contributed by atoms with van der Waals surface area (Å²) in [7, 11) is 1.64. The smallest absolute Gasteiger partial charge is 0.321 e.